The van der Waals surface area contributed by atoms with Crippen LogP contribution in [0.4, 0.5) is 0 Å². The number of hydrogen-bond acceptors (Lipinski definition) is 4. The van der Waals surface area contributed by atoms with Crippen molar-refractivity contribution in [3.05, 3.63) is 14.8 Å². The molecule has 0 aliphatic rings. The zero-order valence-electron chi connectivity index (χ0n) is 6.55. The second-order valence-corrected chi connectivity index (χ2v) is 3.74. The number of esters is 1. The van der Waals surface area contributed by atoms with E-state index in [1.54, 1.807) is 6.92 Å². The van der Waals surface area contributed by atoms with Crippen molar-refractivity contribution in [2.24, 2.45) is 0 Å². The molecule has 0 saturated carbocycles. The van der Waals surface area contributed by atoms with Crippen LogP contribution >= 0.6 is 22.9 Å². The van der Waals surface area contributed by atoms with Crippen molar-refractivity contribution in [2.75, 3.05) is 7.11 Å². The largest absolute Gasteiger partial charge is 0.505 e. The SMILES string of the molecule is COC(=O)c1sc(C)c(Cl)c1O. The molecule has 1 aromatic rings. The van der Waals surface area contributed by atoms with E-state index in [-0.39, 0.29) is 15.6 Å². The van der Waals surface area contributed by atoms with Crippen LogP contribution in [0.5, 0.6) is 5.75 Å². The van der Waals surface area contributed by atoms with Gasteiger partial charge in [-0.25, -0.2) is 4.79 Å². The molecule has 1 rings (SSSR count). The minimum absolute atomic E-state index is 0.153. The summed E-state index contributed by atoms with van der Waals surface area (Å²) in [6.45, 7) is 1.72. The molecule has 0 radical (unpaired) electrons. The molecule has 0 spiro atoms. The highest BCUT2D eigenvalue weighted by molar-refractivity contribution is 7.15. The average molecular weight is 207 g/mol. The van der Waals surface area contributed by atoms with E-state index in [1.807, 2.05) is 0 Å². The first-order chi connectivity index (χ1) is 5.57. The molecule has 0 bridgehead atoms. The van der Waals surface area contributed by atoms with Gasteiger partial charge in [0, 0.05) is 4.88 Å². The van der Waals surface area contributed by atoms with Crippen LogP contribution in [0.3, 0.4) is 0 Å². The number of carbonyl (C=O) groups excluding carboxylic acids is 1. The second kappa shape index (κ2) is 3.33. The maximum atomic E-state index is 11.0. The van der Waals surface area contributed by atoms with Crippen LogP contribution in [-0.2, 0) is 4.74 Å². The van der Waals surface area contributed by atoms with Crippen LogP contribution in [0.1, 0.15) is 14.5 Å². The highest BCUT2D eigenvalue weighted by Crippen LogP contribution is 2.38. The predicted molar refractivity (Wildman–Crippen MR) is 47.1 cm³/mol. The van der Waals surface area contributed by atoms with E-state index in [1.165, 1.54) is 7.11 Å². The van der Waals surface area contributed by atoms with E-state index in [9.17, 15) is 9.90 Å². The summed E-state index contributed by atoms with van der Waals surface area (Å²) in [4.78, 5) is 11.8. The molecular weight excluding hydrogens is 200 g/mol. The quantitative estimate of drug-likeness (QED) is 0.717. The van der Waals surface area contributed by atoms with E-state index in [0.717, 1.165) is 11.3 Å². The highest BCUT2D eigenvalue weighted by Gasteiger charge is 2.19. The number of thiophene rings is 1. The molecule has 0 unspecified atom stereocenters. The summed E-state index contributed by atoms with van der Waals surface area (Å²) < 4.78 is 4.44. The van der Waals surface area contributed by atoms with Gasteiger partial charge in [-0.1, -0.05) is 11.6 Å². The third kappa shape index (κ3) is 1.40. The average Bonchev–Trinajstić information content (AvgIpc) is 2.32. The number of hydrogen-bond donors (Lipinski definition) is 1. The fourth-order valence-corrected chi connectivity index (χ4v) is 1.87. The molecule has 1 N–H and O–H groups in total. The van der Waals surface area contributed by atoms with Crippen molar-refractivity contribution < 1.29 is 14.6 Å². The van der Waals surface area contributed by atoms with Crippen LogP contribution in [0.25, 0.3) is 0 Å². The third-order valence-corrected chi connectivity index (χ3v) is 3.01. The first-order valence-corrected chi connectivity index (χ1v) is 4.33. The van der Waals surface area contributed by atoms with E-state index in [4.69, 9.17) is 11.6 Å². The van der Waals surface area contributed by atoms with Gasteiger partial charge in [-0.2, -0.15) is 0 Å². The molecule has 0 aliphatic heterocycles. The lowest BCUT2D eigenvalue weighted by Gasteiger charge is -1.94. The molecule has 1 heterocycles. The van der Waals surface area contributed by atoms with Crippen molar-refractivity contribution in [3.8, 4) is 5.75 Å². The van der Waals surface area contributed by atoms with Gasteiger partial charge in [-0.3, -0.25) is 0 Å². The van der Waals surface area contributed by atoms with Gasteiger partial charge >= 0.3 is 5.97 Å². The van der Waals surface area contributed by atoms with Gasteiger partial charge in [-0.05, 0) is 6.92 Å². The zero-order chi connectivity index (χ0) is 9.30. The number of aryl methyl sites for hydroxylation is 1. The standard InChI is InChI=1S/C7H7ClO3S/c1-3-4(8)5(9)6(12-3)7(10)11-2/h9H,1-2H3. The molecule has 0 saturated heterocycles. The topological polar surface area (TPSA) is 46.5 Å². The zero-order valence-corrected chi connectivity index (χ0v) is 8.12. The van der Waals surface area contributed by atoms with Crippen LogP contribution in [0, 0.1) is 6.92 Å². The summed E-state index contributed by atoms with van der Waals surface area (Å²) in [6, 6.07) is 0. The maximum absolute atomic E-state index is 11.0. The van der Waals surface area contributed by atoms with Crippen molar-refractivity contribution >= 4 is 28.9 Å². The number of halogens is 1. The van der Waals surface area contributed by atoms with Crippen LogP contribution in [0.2, 0.25) is 5.02 Å². The first-order valence-electron chi connectivity index (χ1n) is 3.14. The minimum Gasteiger partial charge on any atom is -0.505 e. The Morgan fingerprint density at radius 3 is 2.58 bits per heavy atom. The van der Waals surface area contributed by atoms with Crippen molar-refractivity contribution in [2.45, 2.75) is 6.92 Å². The van der Waals surface area contributed by atoms with Gasteiger partial charge in [0.05, 0.1) is 12.1 Å². The summed E-state index contributed by atoms with van der Waals surface area (Å²) in [7, 11) is 1.25. The summed E-state index contributed by atoms with van der Waals surface area (Å²) in [5.41, 5.74) is 0. The van der Waals surface area contributed by atoms with E-state index in [2.05, 4.69) is 4.74 Å². The van der Waals surface area contributed by atoms with Gasteiger partial charge < -0.3 is 9.84 Å². The number of methoxy groups -OCH3 is 1. The Kier molecular flexibility index (Phi) is 2.59. The summed E-state index contributed by atoms with van der Waals surface area (Å²) in [5, 5.41) is 9.52. The first kappa shape index (κ1) is 9.35. The van der Waals surface area contributed by atoms with E-state index in [0.29, 0.717) is 4.88 Å². The monoisotopic (exact) mass is 206 g/mol. The molecule has 66 valence electrons. The molecule has 0 amide bonds. The minimum atomic E-state index is -0.563. The molecule has 5 heteroatoms. The lowest BCUT2D eigenvalue weighted by Crippen LogP contribution is -1.97. The number of rotatable bonds is 1. The number of aromatic hydroxyl groups is 1. The van der Waals surface area contributed by atoms with Gasteiger partial charge in [-0.15, -0.1) is 11.3 Å². The van der Waals surface area contributed by atoms with Gasteiger partial charge in [0.25, 0.3) is 0 Å². The molecule has 3 nitrogen and oxygen atoms in total. The molecular formula is C7H7ClO3S. The van der Waals surface area contributed by atoms with Gasteiger partial charge in [0.2, 0.25) is 0 Å². The molecule has 0 atom stereocenters. The summed E-state index contributed by atoms with van der Waals surface area (Å²) in [5.74, 6) is -0.751. The van der Waals surface area contributed by atoms with Gasteiger partial charge in [0.15, 0.2) is 10.6 Å². The Bertz CT molecular complexity index is 319. The Morgan fingerprint density at radius 1 is 1.67 bits per heavy atom. The maximum Gasteiger partial charge on any atom is 0.351 e. The Hall–Kier alpha value is -0.740. The molecule has 12 heavy (non-hydrogen) atoms. The normalized spacial score (nSPS) is 9.92. The summed E-state index contributed by atoms with van der Waals surface area (Å²) >= 11 is 6.77. The van der Waals surface area contributed by atoms with E-state index < -0.39 is 5.97 Å². The lowest BCUT2D eigenvalue weighted by molar-refractivity contribution is 0.0603. The second-order valence-electron chi connectivity index (χ2n) is 2.14. The Balaban J connectivity index is 3.17. The predicted octanol–water partition coefficient (Wildman–Crippen LogP) is 2.20. The number of carbonyl (C=O) groups is 1. The third-order valence-electron chi connectivity index (χ3n) is 1.36. The van der Waals surface area contributed by atoms with Crippen LogP contribution in [0.15, 0.2) is 0 Å². The molecule has 1 aromatic heterocycles. The Labute approximate surface area is 78.5 Å². The van der Waals surface area contributed by atoms with Crippen molar-refractivity contribution in [1.82, 2.24) is 0 Å². The van der Waals surface area contributed by atoms with Crippen LogP contribution in [-0.4, -0.2) is 18.2 Å². The van der Waals surface area contributed by atoms with Crippen LogP contribution < -0.4 is 0 Å². The summed E-state index contributed by atoms with van der Waals surface area (Å²) in [6.07, 6.45) is 0. The number of ether oxygens (including phenoxy) is 1. The fraction of sp³-hybridized carbons (Fsp3) is 0.286. The van der Waals surface area contributed by atoms with Crippen molar-refractivity contribution in [1.29, 1.82) is 0 Å². The molecule has 0 aliphatic carbocycles. The molecule has 0 aromatic carbocycles. The highest BCUT2D eigenvalue weighted by atomic mass is 35.5. The smallest absolute Gasteiger partial charge is 0.351 e. The fourth-order valence-electron chi connectivity index (χ4n) is 0.744. The molecule has 0 fully saturated rings. The lowest BCUT2D eigenvalue weighted by atomic mass is 10.4. The Morgan fingerprint density at radius 2 is 2.25 bits per heavy atom. The van der Waals surface area contributed by atoms with Crippen molar-refractivity contribution in [3.63, 3.8) is 0 Å². The van der Waals surface area contributed by atoms with Gasteiger partial charge in [0.1, 0.15) is 0 Å². The van der Waals surface area contributed by atoms with E-state index >= 15 is 0 Å².